The molecule has 0 heterocycles. The van der Waals surface area contributed by atoms with E-state index in [1.165, 1.54) is 0 Å². The minimum Gasteiger partial charge on any atom is -0.480 e. The van der Waals surface area contributed by atoms with E-state index < -0.39 is 29.6 Å². The quantitative estimate of drug-likeness (QED) is 0.503. The summed E-state index contributed by atoms with van der Waals surface area (Å²) in [4.78, 5) is 37.9. The number of nitrogens with one attached hydrogen (secondary N) is 2. The Labute approximate surface area is 206 Å². The van der Waals surface area contributed by atoms with E-state index >= 15 is 0 Å². The van der Waals surface area contributed by atoms with Crippen LogP contribution in [0, 0.1) is 5.92 Å². The van der Waals surface area contributed by atoms with E-state index in [1.54, 1.807) is 0 Å². The topological polar surface area (TPSA) is 105 Å². The summed E-state index contributed by atoms with van der Waals surface area (Å²) in [5.74, 6) is -1.46. The van der Waals surface area contributed by atoms with Gasteiger partial charge < -0.3 is 20.5 Å². The van der Waals surface area contributed by atoms with Crippen molar-refractivity contribution in [1.29, 1.82) is 0 Å². The average molecular weight is 479 g/mol. The molecule has 2 aromatic rings. The van der Waals surface area contributed by atoms with Gasteiger partial charge in [-0.15, -0.1) is 0 Å². The van der Waals surface area contributed by atoms with Crippen LogP contribution in [-0.2, 0) is 14.3 Å². The summed E-state index contributed by atoms with van der Waals surface area (Å²) in [5.41, 5.74) is 3.23. The summed E-state index contributed by atoms with van der Waals surface area (Å²) in [6.45, 7) is 4.05. The number of carbonyl (C=O) groups excluding carboxylic acids is 2. The Bertz CT molecular complexity index is 1040. The van der Waals surface area contributed by atoms with Crippen LogP contribution >= 0.6 is 0 Å². The lowest BCUT2D eigenvalue weighted by Gasteiger charge is -2.35. The molecule has 35 heavy (non-hydrogen) atoms. The first kappa shape index (κ1) is 24.8. The Morgan fingerprint density at radius 3 is 2.09 bits per heavy atom. The van der Waals surface area contributed by atoms with E-state index in [1.807, 2.05) is 50.2 Å². The van der Waals surface area contributed by atoms with Crippen molar-refractivity contribution in [3.63, 3.8) is 0 Å². The van der Waals surface area contributed by atoms with Crippen LogP contribution in [0.15, 0.2) is 48.5 Å². The molecular weight excluding hydrogens is 444 g/mol. The first-order valence-corrected chi connectivity index (χ1v) is 12.5. The number of amides is 2. The first-order valence-electron chi connectivity index (χ1n) is 12.5. The van der Waals surface area contributed by atoms with Gasteiger partial charge in [0.25, 0.3) is 0 Å². The number of carbonyl (C=O) groups is 3. The number of alkyl carbamates (subject to hydrolysis) is 1. The van der Waals surface area contributed by atoms with Gasteiger partial charge in [0.15, 0.2) is 0 Å². The van der Waals surface area contributed by atoms with Gasteiger partial charge in [-0.3, -0.25) is 4.79 Å². The maximum atomic E-state index is 13.1. The molecule has 1 unspecified atom stereocenters. The molecule has 3 N–H and O–H groups in total. The van der Waals surface area contributed by atoms with Crippen LogP contribution in [0.25, 0.3) is 11.1 Å². The maximum absolute atomic E-state index is 13.1. The number of hydrogen-bond acceptors (Lipinski definition) is 4. The molecule has 2 aliphatic rings. The zero-order chi connectivity index (χ0) is 25.0. The minimum atomic E-state index is -1.27. The second kappa shape index (κ2) is 10.5. The maximum Gasteiger partial charge on any atom is 0.407 e. The molecule has 0 saturated heterocycles. The van der Waals surface area contributed by atoms with Crippen molar-refractivity contribution >= 4 is 18.0 Å². The standard InChI is InChI=1S/C28H34N2O5/c1-18(2)16-24(25(31)30-28(26(32)33)14-8-3-9-15-28)29-27(34)35-17-23-21-12-6-4-10-19(21)20-11-5-7-13-22(20)23/h4-7,10-13,18,23-24H,3,8-9,14-17H2,1-2H3,(H,29,34)(H,30,31)(H,32,33). The molecular formula is C28H34N2O5. The normalized spacial score (nSPS) is 17.2. The number of carboxylic acid groups (broad SMARTS) is 1. The van der Waals surface area contributed by atoms with Gasteiger partial charge in [0.2, 0.25) is 5.91 Å². The monoisotopic (exact) mass is 478 g/mol. The summed E-state index contributed by atoms with van der Waals surface area (Å²) in [5, 5.41) is 15.3. The van der Waals surface area contributed by atoms with Gasteiger partial charge in [-0.05, 0) is 47.4 Å². The molecule has 1 fully saturated rings. The molecule has 2 aromatic carbocycles. The van der Waals surface area contributed by atoms with E-state index in [9.17, 15) is 19.5 Å². The van der Waals surface area contributed by atoms with E-state index in [4.69, 9.17) is 4.74 Å². The van der Waals surface area contributed by atoms with E-state index in [2.05, 4.69) is 22.8 Å². The number of hydrogen-bond donors (Lipinski definition) is 3. The molecule has 1 saturated carbocycles. The van der Waals surface area contributed by atoms with Crippen molar-refractivity contribution in [2.45, 2.75) is 69.9 Å². The second-order valence-electron chi connectivity index (χ2n) is 10.1. The molecule has 2 aliphatic carbocycles. The Morgan fingerprint density at radius 2 is 1.54 bits per heavy atom. The van der Waals surface area contributed by atoms with Gasteiger partial charge in [-0.1, -0.05) is 81.6 Å². The molecule has 2 amide bonds. The number of aliphatic carboxylic acids is 1. The Morgan fingerprint density at radius 1 is 0.971 bits per heavy atom. The summed E-state index contributed by atoms with van der Waals surface area (Å²) < 4.78 is 5.62. The van der Waals surface area contributed by atoms with Crippen molar-refractivity contribution in [3.8, 4) is 11.1 Å². The highest BCUT2D eigenvalue weighted by Gasteiger charge is 2.42. The molecule has 7 heteroatoms. The van der Waals surface area contributed by atoms with Gasteiger partial charge in [0.05, 0.1) is 0 Å². The van der Waals surface area contributed by atoms with E-state index in [0.29, 0.717) is 19.3 Å². The van der Waals surface area contributed by atoms with Crippen molar-refractivity contribution in [2.75, 3.05) is 6.61 Å². The lowest BCUT2D eigenvalue weighted by atomic mass is 9.81. The van der Waals surface area contributed by atoms with Crippen LogP contribution in [0.3, 0.4) is 0 Å². The minimum absolute atomic E-state index is 0.0805. The molecule has 0 spiro atoms. The lowest BCUT2D eigenvalue weighted by Crippen LogP contribution is -2.60. The Kier molecular flexibility index (Phi) is 7.43. The first-order chi connectivity index (χ1) is 16.8. The van der Waals surface area contributed by atoms with Gasteiger partial charge in [0.1, 0.15) is 18.2 Å². The highest BCUT2D eigenvalue weighted by molar-refractivity contribution is 5.91. The smallest absolute Gasteiger partial charge is 0.407 e. The third kappa shape index (κ3) is 5.34. The fourth-order valence-corrected chi connectivity index (χ4v) is 5.36. The second-order valence-corrected chi connectivity index (χ2v) is 10.1. The van der Waals surface area contributed by atoms with Crippen molar-refractivity contribution in [1.82, 2.24) is 10.6 Å². The average Bonchev–Trinajstić information content (AvgIpc) is 3.16. The SMILES string of the molecule is CC(C)CC(NC(=O)OCC1c2ccccc2-c2ccccc21)C(=O)NC1(C(=O)O)CCCCC1. The van der Waals surface area contributed by atoms with E-state index in [0.717, 1.165) is 41.5 Å². The Balaban J connectivity index is 1.43. The molecule has 7 nitrogen and oxygen atoms in total. The number of rotatable bonds is 8. The zero-order valence-electron chi connectivity index (χ0n) is 20.4. The molecule has 0 aliphatic heterocycles. The van der Waals surface area contributed by atoms with E-state index in [-0.39, 0.29) is 18.4 Å². The Hall–Kier alpha value is -3.35. The third-order valence-corrected chi connectivity index (χ3v) is 7.14. The highest BCUT2D eigenvalue weighted by atomic mass is 16.5. The van der Waals surface area contributed by atoms with Crippen LogP contribution in [0.1, 0.15) is 69.4 Å². The van der Waals surface area contributed by atoms with Gasteiger partial charge in [-0.2, -0.15) is 0 Å². The van der Waals surface area contributed by atoms with Gasteiger partial charge in [-0.25, -0.2) is 9.59 Å². The number of fused-ring (bicyclic) bond motifs is 3. The molecule has 186 valence electrons. The molecule has 0 aromatic heterocycles. The predicted molar refractivity (Wildman–Crippen MR) is 133 cm³/mol. The third-order valence-electron chi connectivity index (χ3n) is 7.14. The van der Waals surface area contributed by atoms with Crippen LogP contribution in [0.4, 0.5) is 4.79 Å². The lowest BCUT2D eigenvalue weighted by molar-refractivity contribution is -0.149. The van der Waals surface area contributed by atoms with Gasteiger partial charge in [0, 0.05) is 5.92 Å². The fraction of sp³-hybridized carbons (Fsp3) is 0.464. The predicted octanol–water partition coefficient (Wildman–Crippen LogP) is 4.84. The summed E-state index contributed by atoms with van der Waals surface area (Å²) in [6.07, 6.45) is 2.95. The van der Waals surface area contributed by atoms with Crippen LogP contribution < -0.4 is 10.6 Å². The number of benzene rings is 2. The van der Waals surface area contributed by atoms with Gasteiger partial charge >= 0.3 is 12.1 Å². The summed E-state index contributed by atoms with van der Waals surface area (Å²) >= 11 is 0. The van der Waals surface area contributed by atoms with Crippen LogP contribution in [0.2, 0.25) is 0 Å². The van der Waals surface area contributed by atoms with Crippen molar-refractivity contribution < 1.29 is 24.2 Å². The van der Waals surface area contributed by atoms with Crippen LogP contribution in [-0.4, -0.2) is 41.3 Å². The molecule has 1 atom stereocenters. The highest BCUT2D eigenvalue weighted by Crippen LogP contribution is 2.44. The summed E-state index contributed by atoms with van der Waals surface area (Å²) in [6, 6.07) is 15.3. The summed E-state index contributed by atoms with van der Waals surface area (Å²) in [7, 11) is 0. The number of ether oxygens (including phenoxy) is 1. The van der Waals surface area contributed by atoms with Crippen molar-refractivity contribution in [2.24, 2.45) is 5.92 Å². The molecule has 0 bridgehead atoms. The van der Waals surface area contributed by atoms with Crippen LogP contribution in [0.5, 0.6) is 0 Å². The zero-order valence-corrected chi connectivity index (χ0v) is 20.4. The fourth-order valence-electron chi connectivity index (χ4n) is 5.36. The molecule has 4 rings (SSSR count). The van der Waals surface area contributed by atoms with Crippen molar-refractivity contribution in [3.05, 3.63) is 59.7 Å². The largest absolute Gasteiger partial charge is 0.480 e. The molecule has 0 radical (unpaired) electrons. The number of carboxylic acids is 1.